The van der Waals surface area contributed by atoms with E-state index in [2.05, 4.69) is 5.32 Å². The van der Waals surface area contributed by atoms with Crippen LogP contribution in [0.2, 0.25) is 10.0 Å². The number of carbonyl (C=O) groups excluding carboxylic acids is 2. The molecule has 0 saturated carbocycles. The molecule has 0 aliphatic carbocycles. The third-order valence-electron chi connectivity index (χ3n) is 7.56. The van der Waals surface area contributed by atoms with E-state index in [1.807, 2.05) is 58.0 Å². The summed E-state index contributed by atoms with van der Waals surface area (Å²) >= 11 is 13.2. The average Bonchev–Trinajstić information content (AvgIpc) is 3.02. The van der Waals surface area contributed by atoms with Gasteiger partial charge in [-0.2, -0.15) is 0 Å². The van der Waals surface area contributed by atoms with Crippen LogP contribution < -0.4 is 9.62 Å². The molecule has 0 aliphatic rings. The van der Waals surface area contributed by atoms with Crippen molar-refractivity contribution in [3.05, 3.63) is 129 Å². The Morgan fingerprint density at radius 2 is 1.35 bits per heavy atom. The van der Waals surface area contributed by atoms with Gasteiger partial charge in [-0.05, 0) is 61.7 Å². The van der Waals surface area contributed by atoms with Crippen LogP contribution in [0.1, 0.15) is 36.1 Å². The van der Waals surface area contributed by atoms with E-state index in [9.17, 15) is 18.0 Å². The molecule has 0 aromatic heterocycles. The molecule has 7 nitrogen and oxygen atoms in total. The zero-order valence-electron chi connectivity index (χ0n) is 26.4. The summed E-state index contributed by atoms with van der Waals surface area (Å²) in [6, 6.07) is 26.8. The zero-order chi connectivity index (χ0) is 33.4. The van der Waals surface area contributed by atoms with Gasteiger partial charge in [0.05, 0.1) is 10.6 Å². The molecular formula is C36H39Cl2N3O4S. The predicted octanol–water partition coefficient (Wildman–Crippen LogP) is 7.22. The van der Waals surface area contributed by atoms with Gasteiger partial charge >= 0.3 is 0 Å². The van der Waals surface area contributed by atoms with Gasteiger partial charge in [0, 0.05) is 35.1 Å². The summed E-state index contributed by atoms with van der Waals surface area (Å²) in [5, 5.41) is 3.63. The molecule has 10 heteroatoms. The van der Waals surface area contributed by atoms with Gasteiger partial charge in [-0.3, -0.25) is 13.9 Å². The first-order chi connectivity index (χ1) is 21.9. The second kappa shape index (κ2) is 15.6. The van der Waals surface area contributed by atoms with Gasteiger partial charge in [-0.25, -0.2) is 8.42 Å². The van der Waals surface area contributed by atoms with Crippen LogP contribution in [0, 0.1) is 19.8 Å². The lowest BCUT2D eigenvalue weighted by Crippen LogP contribution is -2.53. The average molecular weight is 681 g/mol. The molecule has 4 aromatic carbocycles. The Kier molecular flexibility index (Phi) is 11.9. The molecule has 0 fully saturated rings. The third kappa shape index (κ3) is 8.90. The Morgan fingerprint density at radius 3 is 1.91 bits per heavy atom. The molecule has 0 aliphatic heterocycles. The molecule has 2 amide bonds. The topological polar surface area (TPSA) is 86.8 Å². The van der Waals surface area contributed by atoms with E-state index in [0.717, 1.165) is 21.0 Å². The van der Waals surface area contributed by atoms with E-state index in [-0.39, 0.29) is 29.7 Å². The number of hydrogen-bond donors (Lipinski definition) is 1. The van der Waals surface area contributed by atoms with Crippen LogP contribution in [-0.4, -0.2) is 44.3 Å². The van der Waals surface area contributed by atoms with E-state index in [0.29, 0.717) is 27.8 Å². The van der Waals surface area contributed by atoms with Gasteiger partial charge in [0.25, 0.3) is 10.0 Å². The maximum atomic E-state index is 14.6. The number of nitrogens with one attached hydrogen (secondary N) is 1. The smallest absolute Gasteiger partial charge is 0.264 e. The summed E-state index contributed by atoms with van der Waals surface area (Å²) < 4.78 is 29.4. The summed E-state index contributed by atoms with van der Waals surface area (Å²) in [4.78, 5) is 29.9. The van der Waals surface area contributed by atoms with Crippen molar-refractivity contribution in [2.75, 3.05) is 17.4 Å². The van der Waals surface area contributed by atoms with Gasteiger partial charge < -0.3 is 10.2 Å². The molecule has 46 heavy (non-hydrogen) atoms. The largest absolute Gasteiger partial charge is 0.354 e. The van der Waals surface area contributed by atoms with Crippen molar-refractivity contribution in [2.45, 2.75) is 51.6 Å². The van der Waals surface area contributed by atoms with E-state index in [4.69, 9.17) is 23.2 Å². The van der Waals surface area contributed by atoms with Gasteiger partial charge in [-0.1, -0.05) is 109 Å². The maximum Gasteiger partial charge on any atom is 0.264 e. The highest BCUT2D eigenvalue weighted by Gasteiger charge is 2.35. The fraction of sp³-hybridized carbons (Fsp3) is 0.278. The minimum Gasteiger partial charge on any atom is -0.354 e. The lowest BCUT2D eigenvalue weighted by atomic mass is 10.0. The Bertz CT molecular complexity index is 1730. The van der Waals surface area contributed by atoms with Crippen LogP contribution in [0.4, 0.5) is 5.69 Å². The standard InChI is InChI=1S/C36H39Cl2N3O4S/c1-25(2)22-39-36(43)34(21-28-9-6-5-7-10-28)40(23-31-32(37)11-8-12-33(31)38)35(42)24-41(29-17-13-26(3)14-18-29)46(44,45)30-19-15-27(4)16-20-30/h5-20,25,34H,21-24H2,1-4H3,(H,39,43)/t34-/m1/s1. The molecule has 0 heterocycles. The quantitative estimate of drug-likeness (QED) is 0.162. The number of benzene rings is 4. The highest BCUT2D eigenvalue weighted by molar-refractivity contribution is 7.92. The van der Waals surface area contributed by atoms with Crippen LogP contribution in [-0.2, 0) is 32.6 Å². The van der Waals surface area contributed by atoms with Gasteiger partial charge in [0.15, 0.2) is 0 Å². The van der Waals surface area contributed by atoms with Crippen molar-refractivity contribution in [3.8, 4) is 0 Å². The summed E-state index contributed by atoms with van der Waals surface area (Å²) in [6.45, 7) is 7.44. The summed E-state index contributed by atoms with van der Waals surface area (Å²) in [5.41, 5.74) is 3.44. The lowest BCUT2D eigenvalue weighted by Gasteiger charge is -2.34. The van der Waals surface area contributed by atoms with Crippen LogP contribution in [0.5, 0.6) is 0 Å². The first-order valence-corrected chi connectivity index (χ1v) is 17.3. The minimum absolute atomic E-state index is 0.0442. The Morgan fingerprint density at radius 1 is 0.783 bits per heavy atom. The van der Waals surface area contributed by atoms with Crippen molar-refractivity contribution in [1.29, 1.82) is 0 Å². The fourth-order valence-corrected chi connectivity index (χ4v) is 6.84. The number of sulfonamides is 1. The molecule has 4 rings (SSSR count). The number of hydrogen-bond acceptors (Lipinski definition) is 4. The Balaban J connectivity index is 1.83. The number of aryl methyl sites for hydroxylation is 2. The maximum absolute atomic E-state index is 14.6. The number of halogens is 2. The van der Waals surface area contributed by atoms with E-state index < -0.39 is 28.5 Å². The summed E-state index contributed by atoms with van der Waals surface area (Å²) in [7, 11) is -4.19. The first-order valence-electron chi connectivity index (χ1n) is 15.1. The number of rotatable bonds is 13. The van der Waals surface area contributed by atoms with Gasteiger partial charge in [-0.15, -0.1) is 0 Å². The van der Waals surface area contributed by atoms with Gasteiger partial charge in [0.2, 0.25) is 11.8 Å². The second-order valence-electron chi connectivity index (χ2n) is 11.7. The minimum atomic E-state index is -4.19. The molecule has 0 spiro atoms. The van der Waals surface area contributed by atoms with E-state index in [1.54, 1.807) is 54.6 Å². The molecule has 1 atom stereocenters. The Hall–Kier alpha value is -3.85. The molecule has 0 unspecified atom stereocenters. The van der Waals surface area contributed by atoms with Crippen molar-refractivity contribution in [1.82, 2.24) is 10.2 Å². The van der Waals surface area contributed by atoms with E-state index in [1.165, 1.54) is 17.0 Å². The van der Waals surface area contributed by atoms with Gasteiger partial charge in [0.1, 0.15) is 12.6 Å². The van der Waals surface area contributed by atoms with Crippen LogP contribution in [0.3, 0.4) is 0 Å². The number of amides is 2. The number of anilines is 1. The highest BCUT2D eigenvalue weighted by atomic mass is 35.5. The molecule has 242 valence electrons. The highest BCUT2D eigenvalue weighted by Crippen LogP contribution is 2.29. The monoisotopic (exact) mass is 679 g/mol. The fourth-order valence-electron chi connectivity index (χ4n) is 4.91. The zero-order valence-corrected chi connectivity index (χ0v) is 28.7. The molecule has 0 saturated heterocycles. The second-order valence-corrected chi connectivity index (χ2v) is 14.4. The van der Waals surface area contributed by atoms with Crippen LogP contribution in [0.25, 0.3) is 0 Å². The Labute approximate surface area is 282 Å². The normalized spacial score (nSPS) is 12.1. The molecule has 4 aromatic rings. The third-order valence-corrected chi connectivity index (χ3v) is 10.1. The summed E-state index contributed by atoms with van der Waals surface area (Å²) in [6.07, 6.45) is 0.188. The number of carbonyl (C=O) groups is 2. The van der Waals surface area contributed by atoms with Crippen molar-refractivity contribution < 1.29 is 18.0 Å². The SMILES string of the molecule is Cc1ccc(N(CC(=O)N(Cc2c(Cl)cccc2Cl)[C@H](Cc2ccccc2)C(=O)NCC(C)C)S(=O)(=O)c2ccc(C)cc2)cc1. The van der Waals surface area contributed by atoms with Crippen LogP contribution >= 0.6 is 23.2 Å². The lowest BCUT2D eigenvalue weighted by molar-refractivity contribution is -0.140. The first kappa shape index (κ1) is 35.0. The van der Waals surface area contributed by atoms with Crippen molar-refractivity contribution in [2.24, 2.45) is 5.92 Å². The van der Waals surface area contributed by atoms with E-state index >= 15 is 0 Å². The molecule has 0 bridgehead atoms. The number of nitrogens with zero attached hydrogens (tertiary/aromatic N) is 2. The molecule has 1 N–H and O–H groups in total. The molecular weight excluding hydrogens is 641 g/mol. The van der Waals surface area contributed by atoms with Crippen molar-refractivity contribution >= 4 is 50.7 Å². The van der Waals surface area contributed by atoms with Crippen LogP contribution in [0.15, 0.2) is 102 Å². The predicted molar refractivity (Wildman–Crippen MR) is 186 cm³/mol. The summed E-state index contributed by atoms with van der Waals surface area (Å²) in [5.74, 6) is -0.787. The van der Waals surface area contributed by atoms with Crippen molar-refractivity contribution in [3.63, 3.8) is 0 Å². The molecule has 0 radical (unpaired) electrons.